The number of nitrogens with zero attached hydrogens (tertiary/aromatic N) is 1. The van der Waals surface area contributed by atoms with Gasteiger partial charge in [0.1, 0.15) is 0 Å². The van der Waals surface area contributed by atoms with E-state index >= 15 is 0 Å². The van der Waals surface area contributed by atoms with E-state index in [0.717, 1.165) is 49.3 Å². The molecule has 2 aromatic rings. The van der Waals surface area contributed by atoms with Crippen LogP contribution in [0.3, 0.4) is 0 Å². The summed E-state index contributed by atoms with van der Waals surface area (Å²) in [6.45, 7) is 4.87. The average molecular weight is 316 g/mol. The third kappa shape index (κ3) is 4.10. The van der Waals surface area contributed by atoms with E-state index in [-0.39, 0.29) is 5.91 Å². The Kier molecular flexibility index (Phi) is 5.27. The highest BCUT2D eigenvalue weighted by Gasteiger charge is 2.16. The molecule has 1 atom stereocenters. The van der Waals surface area contributed by atoms with Crippen molar-refractivity contribution in [2.24, 2.45) is 5.73 Å². The van der Waals surface area contributed by atoms with Crippen LogP contribution >= 0.6 is 0 Å². The number of hydrogen-bond donors (Lipinski definition) is 3. The molecule has 124 valence electrons. The van der Waals surface area contributed by atoms with Crippen molar-refractivity contribution in [2.45, 2.75) is 12.5 Å². The van der Waals surface area contributed by atoms with Gasteiger partial charge in [-0.15, -0.1) is 0 Å². The highest BCUT2D eigenvalue weighted by molar-refractivity contribution is 5.86. The zero-order chi connectivity index (χ0) is 16.1. The molecule has 1 saturated heterocycles. The van der Waals surface area contributed by atoms with Gasteiger partial charge in [0.25, 0.3) is 0 Å². The second-order valence-corrected chi connectivity index (χ2v) is 5.92. The van der Waals surface area contributed by atoms with E-state index in [1.165, 1.54) is 0 Å². The second-order valence-electron chi connectivity index (χ2n) is 5.92. The molecule has 1 aromatic heterocycles. The van der Waals surface area contributed by atoms with Gasteiger partial charge in [0.2, 0.25) is 5.91 Å². The Morgan fingerprint density at radius 3 is 2.96 bits per heavy atom. The molecule has 0 saturated carbocycles. The average Bonchev–Trinajstić information content (AvgIpc) is 2.99. The quantitative estimate of drug-likeness (QED) is 0.724. The van der Waals surface area contributed by atoms with E-state index in [4.69, 9.17) is 10.5 Å². The lowest BCUT2D eigenvalue weighted by Crippen LogP contribution is -2.46. The summed E-state index contributed by atoms with van der Waals surface area (Å²) < 4.78 is 5.31. The summed E-state index contributed by atoms with van der Waals surface area (Å²) in [5.74, 6) is -0.0939. The van der Waals surface area contributed by atoms with Gasteiger partial charge in [-0.2, -0.15) is 0 Å². The molecule has 0 spiro atoms. The monoisotopic (exact) mass is 316 g/mol. The van der Waals surface area contributed by atoms with Gasteiger partial charge in [0.05, 0.1) is 19.3 Å². The number of aromatic nitrogens is 1. The molecular formula is C17H24N4O2. The molecule has 0 unspecified atom stereocenters. The number of amides is 1. The number of carbonyl (C=O) groups excluding carboxylic acids is 1. The van der Waals surface area contributed by atoms with Crippen molar-refractivity contribution < 1.29 is 9.53 Å². The molecule has 1 amide bonds. The number of benzene rings is 1. The molecule has 1 aliphatic heterocycles. The van der Waals surface area contributed by atoms with Gasteiger partial charge in [-0.1, -0.05) is 18.2 Å². The second kappa shape index (κ2) is 7.59. The van der Waals surface area contributed by atoms with E-state index < -0.39 is 6.04 Å². The standard InChI is InChI=1S/C17H24N4O2/c18-15(11-13-12-20-16-4-2-1-3-14(13)16)17(22)19-5-6-21-7-9-23-10-8-21/h1-4,12,15,20H,5-11,18H2,(H,19,22)/t15-/m0/s1. The van der Waals surface area contributed by atoms with E-state index in [2.05, 4.69) is 15.2 Å². The molecular weight excluding hydrogens is 292 g/mol. The number of H-pyrrole nitrogens is 1. The number of hydrogen-bond acceptors (Lipinski definition) is 4. The summed E-state index contributed by atoms with van der Waals surface area (Å²) in [4.78, 5) is 17.7. The number of rotatable bonds is 6. The van der Waals surface area contributed by atoms with Gasteiger partial charge in [0, 0.05) is 43.3 Å². The van der Waals surface area contributed by atoms with Crippen LogP contribution in [-0.2, 0) is 16.0 Å². The van der Waals surface area contributed by atoms with Crippen molar-refractivity contribution in [3.8, 4) is 0 Å². The number of nitrogens with two attached hydrogens (primary N) is 1. The first-order valence-corrected chi connectivity index (χ1v) is 8.12. The summed E-state index contributed by atoms with van der Waals surface area (Å²) in [5.41, 5.74) is 8.21. The summed E-state index contributed by atoms with van der Waals surface area (Å²) in [7, 11) is 0. The van der Waals surface area contributed by atoms with Gasteiger partial charge in [-0.05, 0) is 18.1 Å². The molecule has 6 nitrogen and oxygen atoms in total. The topological polar surface area (TPSA) is 83.4 Å². The summed E-state index contributed by atoms with van der Waals surface area (Å²) in [6.07, 6.45) is 2.47. The van der Waals surface area contributed by atoms with Crippen molar-refractivity contribution in [2.75, 3.05) is 39.4 Å². The van der Waals surface area contributed by atoms with Gasteiger partial charge < -0.3 is 20.8 Å². The maximum atomic E-state index is 12.2. The summed E-state index contributed by atoms with van der Waals surface area (Å²) in [6, 6.07) is 7.52. The number of ether oxygens (including phenoxy) is 1. The normalized spacial score (nSPS) is 17.3. The van der Waals surface area contributed by atoms with Crippen molar-refractivity contribution in [1.29, 1.82) is 0 Å². The van der Waals surface area contributed by atoms with E-state index in [1.807, 2.05) is 30.5 Å². The van der Waals surface area contributed by atoms with E-state index in [0.29, 0.717) is 13.0 Å². The number of aromatic amines is 1. The van der Waals surface area contributed by atoms with Gasteiger partial charge in [0.15, 0.2) is 0 Å². The third-order valence-corrected chi connectivity index (χ3v) is 4.28. The summed E-state index contributed by atoms with van der Waals surface area (Å²) >= 11 is 0. The number of nitrogens with one attached hydrogen (secondary N) is 2. The predicted molar refractivity (Wildman–Crippen MR) is 90.2 cm³/mol. The molecule has 3 rings (SSSR count). The fraction of sp³-hybridized carbons (Fsp3) is 0.471. The fourth-order valence-corrected chi connectivity index (χ4v) is 2.92. The number of para-hydroxylation sites is 1. The number of morpholine rings is 1. The van der Waals surface area contributed by atoms with Gasteiger partial charge in [-0.25, -0.2) is 0 Å². The summed E-state index contributed by atoms with van der Waals surface area (Å²) in [5, 5.41) is 4.06. The first-order valence-electron chi connectivity index (χ1n) is 8.12. The molecule has 1 aliphatic rings. The van der Waals surface area contributed by atoms with Crippen molar-refractivity contribution in [3.63, 3.8) is 0 Å². The Labute approximate surface area is 136 Å². The maximum Gasteiger partial charge on any atom is 0.237 e. The van der Waals surface area contributed by atoms with Crippen LogP contribution in [0.5, 0.6) is 0 Å². The Morgan fingerprint density at radius 1 is 1.35 bits per heavy atom. The minimum atomic E-state index is -0.529. The third-order valence-electron chi connectivity index (χ3n) is 4.28. The molecule has 2 heterocycles. The molecule has 0 bridgehead atoms. The highest BCUT2D eigenvalue weighted by Crippen LogP contribution is 2.18. The molecule has 23 heavy (non-hydrogen) atoms. The highest BCUT2D eigenvalue weighted by atomic mass is 16.5. The Bertz CT molecular complexity index is 649. The first kappa shape index (κ1) is 16.0. The Hall–Kier alpha value is -1.89. The first-order chi connectivity index (χ1) is 11.2. The van der Waals surface area contributed by atoms with Crippen LogP contribution in [0.15, 0.2) is 30.5 Å². The van der Waals surface area contributed by atoms with Crippen LogP contribution in [0.1, 0.15) is 5.56 Å². The molecule has 0 radical (unpaired) electrons. The van der Waals surface area contributed by atoms with E-state index in [9.17, 15) is 4.79 Å². The smallest absolute Gasteiger partial charge is 0.237 e. The van der Waals surface area contributed by atoms with Crippen LogP contribution in [0, 0.1) is 0 Å². The van der Waals surface area contributed by atoms with Crippen LogP contribution in [-0.4, -0.2) is 61.2 Å². The molecule has 6 heteroatoms. The van der Waals surface area contributed by atoms with Crippen LogP contribution < -0.4 is 11.1 Å². The van der Waals surface area contributed by atoms with Crippen molar-refractivity contribution in [3.05, 3.63) is 36.0 Å². The molecule has 1 aromatic carbocycles. The lowest BCUT2D eigenvalue weighted by molar-refractivity contribution is -0.122. The van der Waals surface area contributed by atoms with Crippen LogP contribution in [0.4, 0.5) is 0 Å². The Balaban J connectivity index is 1.47. The molecule has 4 N–H and O–H groups in total. The fourth-order valence-electron chi connectivity index (χ4n) is 2.92. The lowest BCUT2D eigenvalue weighted by Gasteiger charge is -2.26. The van der Waals surface area contributed by atoms with Crippen molar-refractivity contribution >= 4 is 16.8 Å². The number of fused-ring (bicyclic) bond motifs is 1. The number of carbonyl (C=O) groups is 1. The molecule has 1 fully saturated rings. The maximum absolute atomic E-state index is 12.2. The Morgan fingerprint density at radius 2 is 2.13 bits per heavy atom. The lowest BCUT2D eigenvalue weighted by atomic mass is 10.1. The zero-order valence-corrected chi connectivity index (χ0v) is 13.3. The minimum Gasteiger partial charge on any atom is -0.379 e. The predicted octanol–water partition coefficient (Wildman–Crippen LogP) is 0.486. The van der Waals surface area contributed by atoms with Gasteiger partial charge in [-0.3, -0.25) is 9.69 Å². The molecule has 0 aliphatic carbocycles. The zero-order valence-electron chi connectivity index (χ0n) is 13.3. The van der Waals surface area contributed by atoms with Crippen molar-refractivity contribution in [1.82, 2.24) is 15.2 Å². The minimum absolute atomic E-state index is 0.0939. The van der Waals surface area contributed by atoms with Crippen LogP contribution in [0.2, 0.25) is 0 Å². The van der Waals surface area contributed by atoms with E-state index in [1.54, 1.807) is 0 Å². The largest absolute Gasteiger partial charge is 0.379 e. The SMILES string of the molecule is N[C@@H](Cc1c[nH]c2ccccc12)C(=O)NCCN1CCOCC1. The van der Waals surface area contributed by atoms with Gasteiger partial charge >= 0.3 is 0 Å². The van der Waals surface area contributed by atoms with Crippen LogP contribution in [0.25, 0.3) is 10.9 Å².